The molecule has 1 amide bonds. The predicted octanol–water partition coefficient (Wildman–Crippen LogP) is 5.38. The van der Waals surface area contributed by atoms with Gasteiger partial charge in [-0.1, -0.05) is 29.3 Å². The second kappa shape index (κ2) is 10.6. The number of benzene rings is 3. The van der Waals surface area contributed by atoms with E-state index in [1.54, 1.807) is 66.7 Å². The third-order valence-electron chi connectivity index (χ3n) is 4.02. The van der Waals surface area contributed by atoms with Gasteiger partial charge < -0.3 is 9.47 Å². The van der Waals surface area contributed by atoms with Gasteiger partial charge in [-0.15, -0.1) is 0 Å². The average molecular weight is 457 g/mol. The second-order valence-corrected chi connectivity index (χ2v) is 7.12. The largest absolute Gasteiger partial charge is 0.490 e. The number of hydrogen-bond acceptors (Lipinski definition) is 5. The molecule has 0 aliphatic carbocycles. The molecular formula is C23H18Cl2N2O4. The first kappa shape index (κ1) is 22.3. The zero-order valence-corrected chi connectivity index (χ0v) is 18.0. The predicted molar refractivity (Wildman–Crippen MR) is 121 cm³/mol. The molecule has 8 heteroatoms. The molecule has 0 radical (unpaired) electrons. The monoisotopic (exact) mass is 456 g/mol. The van der Waals surface area contributed by atoms with Crippen molar-refractivity contribution in [2.24, 2.45) is 5.10 Å². The van der Waals surface area contributed by atoms with Crippen LogP contribution in [0.2, 0.25) is 10.0 Å². The van der Waals surface area contributed by atoms with Gasteiger partial charge in [-0.3, -0.25) is 4.79 Å². The summed E-state index contributed by atoms with van der Waals surface area (Å²) in [6.07, 6.45) is 1.45. The minimum absolute atomic E-state index is 0.266. The van der Waals surface area contributed by atoms with Crippen LogP contribution in [0.25, 0.3) is 0 Å². The van der Waals surface area contributed by atoms with E-state index in [1.165, 1.54) is 6.21 Å². The summed E-state index contributed by atoms with van der Waals surface area (Å²) in [5.41, 5.74) is 3.83. The summed E-state index contributed by atoms with van der Waals surface area (Å²) in [6, 6.07) is 17.8. The topological polar surface area (TPSA) is 77.0 Å². The fourth-order valence-corrected chi connectivity index (χ4v) is 2.88. The first-order chi connectivity index (χ1) is 15.0. The van der Waals surface area contributed by atoms with Crippen molar-refractivity contribution in [3.63, 3.8) is 0 Å². The third kappa shape index (κ3) is 6.31. The number of nitrogens with one attached hydrogen (secondary N) is 1. The summed E-state index contributed by atoms with van der Waals surface area (Å²) >= 11 is 11.7. The standard InChI is InChI=1S/C23H18Cl2N2O4/c1-2-30-21-12-15(14-26-27-22(28)17-4-3-5-19(25)13-17)6-11-20(21)31-23(29)16-7-9-18(24)10-8-16/h3-14H,2H2,1H3,(H,27,28)/b26-14-. The summed E-state index contributed by atoms with van der Waals surface area (Å²) < 4.78 is 11.0. The van der Waals surface area contributed by atoms with Gasteiger partial charge in [0.2, 0.25) is 0 Å². The van der Waals surface area contributed by atoms with Gasteiger partial charge in [-0.2, -0.15) is 5.10 Å². The third-order valence-corrected chi connectivity index (χ3v) is 4.50. The Hall–Kier alpha value is -3.35. The fourth-order valence-electron chi connectivity index (χ4n) is 2.56. The summed E-state index contributed by atoms with van der Waals surface area (Å²) in [7, 11) is 0. The van der Waals surface area contributed by atoms with Gasteiger partial charge >= 0.3 is 5.97 Å². The van der Waals surface area contributed by atoms with Crippen molar-refractivity contribution < 1.29 is 19.1 Å². The Kier molecular flexibility index (Phi) is 7.65. The van der Waals surface area contributed by atoms with Crippen molar-refractivity contribution in [1.29, 1.82) is 0 Å². The maximum Gasteiger partial charge on any atom is 0.343 e. The van der Waals surface area contributed by atoms with E-state index >= 15 is 0 Å². The van der Waals surface area contributed by atoms with E-state index in [2.05, 4.69) is 10.5 Å². The number of esters is 1. The van der Waals surface area contributed by atoms with Crippen molar-refractivity contribution >= 4 is 41.3 Å². The molecule has 3 aromatic rings. The molecule has 0 heterocycles. The first-order valence-electron chi connectivity index (χ1n) is 9.30. The molecule has 0 aliphatic rings. The van der Waals surface area contributed by atoms with Crippen molar-refractivity contribution in [3.05, 3.63) is 93.5 Å². The highest BCUT2D eigenvalue weighted by molar-refractivity contribution is 6.31. The number of carbonyl (C=O) groups is 2. The van der Waals surface area contributed by atoms with E-state index in [1.807, 2.05) is 6.92 Å². The van der Waals surface area contributed by atoms with E-state index < -0.39 is 11.9 Å². The molecule has 1 N–H and O–H groups in total. The molecule has 3 rings (SSSR count). The summed E-state index contributed by atoms with van der Waals surface area (Å²) in [4.78, 5) is 24.5. The van der Waals surface area contributed by atoms with Crippen LogP contribution in [0.15, 0.2) is 71.8 Å². The van der Waals surface area contributed by atoms with Crippen LogP contribution in [0.1, 0.15) is 33.2 Å². The molecule has 0 aliphatic heterocycles. The summed E-state index contributed by atoms with van der Waals surface area (Å²) in [5.74, 6) is -0.290. The highest BCUT2D eigenvalue weighted by Crippen LogP contribution is 2.29. The van der Waals surface area contributed by atoms with E-state index in [9.17, 15) is 9.59 Å². The number of hydrazone groups is 1. The quantitative estimate of drug-likeness (QED) is 0.224. The fraction of sp³-hybridized carbons (Fsp3) is 0.0870. The van der Waals surface area contributed by atoms with Crippen molar-refractivity contribution in [2.75, 3.05) is 6.61 Å². The molecule has 0 atom stereocenters. The highest BCUT2D eigenvalue weighted by atomic mass is 35.5. The molecule has 0 unspecified atom stereocenters. The van der Waals surface area contributed by atoms with Crippen molar-refractivity contribution in [2.45, 2.75) is 6.92 Å². The van der Waals surface area contributed by atoms with Crippen LogP contribution in [0, 0.1) is 0 Å². The Bertz CT molecular complexity index is 1110. The first-order valence-corrected chi connectivity index (χ1v) is 10.1. The lowest BCUT2D eigenvalue weighted by Gasteiger charge is -2.11. The smallest absolute Gasteiger partial charge is 0.343 e. The van der Waals surface area contributed by atoms with Crippen LogP contribution in [-0.2, 0) is 0 Å². The lowest BCUT2D eigenvalue weighted by Crippen LogP contribution is -2.17. The van der Waals surface area contributed by atoms with E-state index in [0.717, 1.165) is 0 Å². The normalized spacial score (nSPS) is 10.7. The van der Waals surface area contributed by atoms with Crippen LogP contribution < -0.4 is 14.9 Å². The van der Waals surface area contributed by atoms with Crippen LogP contribution >= 0.6 is 23.2 Å². The molecule has 6 nitrogen and oxygen atoms in total. The zero-order valence-electron chi connectivity index (χ0n) is 16.5. The minimum Gasteiger partial charge on any atom is -0.490 e. The number of carbonyl (C=O) groups excluding carboxylic acids is 2. The summed E-state index contributed by atoms with van der Waals surface area (Å²) in [5, 5.41) is 4.94. The van der Waals surface area contributed by atoms with Gasteiger partial charge in [-0.05, 0) is 73.2 Å². The zero-order chi connectivity index (χ0) is 22.2. The number of halogens is 2. The molecule has 0 spiro atoms. The molecule has 0 fully saturated rings. The van der Waals surface area contributed by atoms with E-state index in [4.69, 9.17) is 32.7 Å². The maximum atomic E-state index is 12.4. The number of ether oxygens (including phenoxy) is 2. The molecule has 0 saturated heterocycles. The van der Waals surface area contributed by atoms with Gasteiger partial charge in [0.05, 0.1) is 18.4 Å². The Morgan fingerprint density at radius 3 is 2.42 bits per heavy atom. The molecular weight excluding hydrogens is 439 g/mol. The lowest BCUT2D eigenvalue weighted by atomic mass is 10.2. The number of hydrogen-bond donors (Lipinski definition) is 1. The van der Waals surface area contributed by atoms with E-state index in [-0.39, 0.29) is 5.75 Å². The molecule has 0 aromatic heterocycles. The lowest BCUT2D eigenvalue weighted by molar-refractivity contribution is 0.0728. The SMILES string of the molecule is CCOc1cc(/C=N\NC(=O)c2cccc(Cl)c2)ccc1OC(=O)c1ccc(Cl)cc1. The van der Waals surface area contributed by atoms with Gasteiger partial charge in [0.25, 0.3) is 5.91 Å². The van der Waals surface area contributed by atoms with E-state index in [0.29, 0.717) is 39.1 Å². The Morgan fingerprint density at radius 2 is 1.71 bits per heavy atom. The Balaban J connectivity index is 1.70. The number of rotatable bonds is 7. The van der Waals surface area contributed by atoms with Crippen LogP contribution in [0.3, 0.4) is 0 Å². The Morgan fingerprint density at radius 1 is 0.935 bits per heavy atom. The molecule has 0 saturated carbocycles. The van der Waals surface area contributed by atoms with Crippen molar-refractivity contribution in [3.8, 4) is 11.5 Å². The number of amides is 1. The van der Waals surface area contributed by atoms with Gasteiger partial charge in [0.1, 0.15) is 0 Å². The van der Waals surface area contributed by atoms with Gasteiger partial charge in [0, 0.05) is 15.6 Å². The molecule has 31 heavy (non-hydrogen) atoms. The number of nitrogens with zero attached hydrogens (tertiary/aromatic N) is 1. The highest BCUT2D eigenvalue weighted by Gasteiger charge is 2.13. The second-order valence-electron chi connectivity index (χ2n) is 6.25. The molecule has 158 valence electrons. The van der Waals surface area contributed by atoms with Crippen LogP contribution in [0.5, 0.6) is 11.5 Å². The maximum absolute atomic E-state index is 12.4. The van der Waals surface area contributed by atoms with Gasteiger partial charge in [0.15, 0.2) is 11.5 Å². The molecule has 3 aromatic carbocycles. The van der Waals surface area contributed by atoms with Crippen molar-refractivity contribution in [1.82, 2.24) is 5.43 Å². The molecule has 0 bridgehead atoms. The van der Waals surface area contributed by atoms with Crippen LogP contribution in [-0.4, -0.2) is 24.7 Å². The Labute approximate surface area is 189 Å². The summed E-state index contributed by atoms with van der Waals surface area (Å²) in [6.45, 7) is 2.19. The van der Waals surface area contributed by atoms with Gasteiger partial charge in [-0.25, -0.2) is 10.2 Å². The van der Waals surface area contributed by atoms with Crippen LogP contribution in [0.4, 0.5) is 0 Å². The minimum atomic E-state index is -0.534. The average Bonchev–Trinajstić information content (AvgIpc) is 2.76.